The number of benzene rings is 1. The second kappa shape index (κ2) is 5.15. The molecule has 0 aliphatic rings. The molecule has 0 fully saturated rings. The first-order valence-electron chi connectivity index (χ1n) is 5.87. The van der Waals surface area contributed by atoms with Gasteiger partial charge < -0.3 is 5.32 Å². The van der Waals surface area contributed by atoms with Crippen molar-refractivity contribution in [1.29, 1.82) is 0 Å². The van der Waals surface area contributed by atoms with Crippen molar-refractivity contribution in [3.8, 4) is 0 Å². The molecule has 3 nitrogen and oxygen atoms in total. The van der Waals surface area contributed by atoms with Crippen LogP contribution in [-0.2, 0) is 19.8 Å². The summed E-state index contributed by atoms with van der Waals surface area (Å²) in [5.74, 6) is -0.904. The predicted octanol–water partition coefficient (Wildman–Crippen LogP) is 3.50. The lowest BCUT2D eigenvalue weighted by atomic mass is 10.1. The molecule has 0 radical (unpaired) electrons. The molecule has 0 saturated carbocycles. The molecule has 1 heterocycles. The summed E-state index contributed by atoms with van der Waals surface area (Å²) in [4.78, 5) is 0. The summed E-state index contributed by atoms with van der Waals surface area (Å²) in [6, 6.07) is 2.66. The fourth-order valence-electron chi connectivity index (χ4n) is 1.93. The van der Waals surface area contributed by atoms with Gasteiger partial charge in [-0.3, -0.25) is 4.68 Å². The number of nitrogens with one attached hydrogen (secondary N) is 1. The Bertz CT molecular complexity index is 617. The standard InChI is InChI=1S/C13H13F4N3/c1-8-12(7-20(2)19-8)18-6-9-3-4-10(14)5-11(9)13(15,16)17/h3-5,7,18H,6H2,1-2H3. The number of anilines is 1. The number of hydrogen-bond donors (Lipinski definition) is 1. The van der Waals surface area contributed by atoms with Gasteiger partial charge in [-0.1, -0.05) is 6.07 Å². The lowest BCUT2D eigenvalue weighted by molar-refractivity contribution is -0.138. The first kappa shape index (κ1) is 14.4. The summed E-state index contributed by atoms with van der Waals surface area (Å²) in [5.41, 5.74) is 0.349. The zero-order valence-corrected chi connectivity index (χ0v) is 10.9. The Morgan fingerprint density at radius 3 is 2.55 bits per heavy atom. The monoisotopic (exact) mass is 287 g/mol. The molecule has 0 aliphatic carbocycles. The van der Waals surface area contributed by atoms with Gasteiger partial charge in [-0.25, -0.2) is 4.39 Å². The van der Waals surface area contributed by atoms with Crippen LogP contribution in [0.3, 0.4) is 0 Å². The minimum absolute atomic E-state index is 0.0119. The van der Waals surface area contributed by atoms with Gasteiger partial charge in [-0.2, -0.15) is 18.3 Å². The van der Waals surface area contributed by atoms with Crippen LogP contribution in [0.15, 0.2) is 24.4 Å². The van der Waals surface area contributed by atoms with E-state index in [1.165, 1.54) is 0 Å². The van der Waals surface area contributed by atoms with E-state index in [9.17, 15) is 17.6 Å². The Balaban J connectivity index is 2.23. The lowest BCUT2D eigenvalue weighted by Gasteiger charge is -2.13. The van der Waals surface area contributed by atoms with Crippen LogP contribution < -0.4 is 5.32 Å². The molecule has 0 atom stereocenters. The normalized spacial score (nSPS) is 11.7. The fraction of sp³-hybridized carbons (Fsp3) is 0.308. The molecule has 0 bridgehead atoms. The van der Waals surface area contributed by atoms with E-state index >= 15 is 0 Å². The molecule has 0 saturated heterocycles. The molecule has 108 valence electrons. The number of hydrogen-bond acceptors (Lipinski definition) is 2. The third-order valence-corrected chi connectivity index (χ3v) is 2.86. The minimum Gasteiger partial charge on any atom is -0.378 e. The Morgan fingerprint density at radius 1 is 1.30 bits per heavy atom. The van der Waals surface area contributed by atoms with Crippen LogP contribution in [0.2, 0.25) is 0 Å². The van der Waals surface area contributed by atoms with Gasteiger partial charge in [0.2, 0.25) is 0 Å². The average Bonchev–Trinajstić information content (AvgIpc) is 2.65. The van der Waals surface area contributed by atoms with Gasteiger partial charge >= 0.3 is 6.18 Å². The first-order chi connectivity index (χ1) is 9.27. The van der Waals surface area contributed by atoms with Crippen molar-refractivity contribution in [2.24, 2.45) is 7.05 Å². The molecule has 20 heavy (non-hydrogen) atoms. The van der Waals surface area contributed by atoms with Crippen LogP contribution in [0, 0.1) is 12.7 Å². The molecule has 1 aromatic heterocycles. The summed E-state index contributed by atoms with van der Waals surface area (Å²) >= 11 is 0. The van der Waals surface area contributed by atoms with Crippen LogP contribution in [-0.4, -0.2) is 9.78 Å². The smallest absolute Gasteiger partial charge is 0.378 e. The van der Waals surface area contributed by atoms with Crippen LogP contribution >= 0.6 is 0 Å². The molecule has 0 aliphatic heterocycles. The number of aromatic nitrogens is 2. The van der Waals surface area contributed by atoms with Gasteiger partial charge in [0.1, 0.15) is 5.82 Å². The molecular weight excluding hydrogens is 274 g/mol. The quantitative estimate of drug-likeness (QED) is 0.876. The second-order valence-corrected chi connectivity index (χ2v) is 4.45. The van der Waals surface area contributed by atoms with E-state index in [2.05, 4.69) is 10.4 Å². The van der Waals surface area contributed by atoms with Crippen molar-refractivity contribution >= 4 is 5.69 Å². The molecule has 0 amide bonds. The molecule has 1 N–H and O–H groups in total. The molecule has 0 unspecified atom stereocenters. The average molecular weight is 287 g/mol. The van der Waals surface area contributed by atoms with E-state index in [1.807, 2.05) is 0 Å². The first-order valence-corrected chi connectivity index (χ1v) is 5.87. The SMILES string of the molecule is Cc1nn(C)cc1NCc1ccc(F)cc1C(F)(F)F. The van der Waals surface area contributed by atoms with E-state index in [-0.39, 0.29) is 12.1 Å². The third-order valence-electron chi connectivity index (χ3n) is 2.86. The molecule has 2 rings (SSSR count). The highest BCUT2D eigenvalue weighted by atomic mass is 19.4. The lowest BCUT2D eigenvalue weighted by Crippen LogP contribution is -2.12. The molecule has 7 heteroatoms. The van der Waals surface area contributed by atoms with Gasteiger partial charge in [0.05, 0.1) is 16.9 Å². The van der Waals surface area contributed by atoms with Crippen molar-refractivity contribution in [1.82, 2.24) is 9.78 Å². The van der Waals surface area contributed by atoms with Gasteiger partial charge in [-0.15, -0.1) is 0 Å². The van der Waals surface area contributed by atoms with Gasteiger partial charge in [0, 0.05) is 19.8 Å². The number of halogens is 4. The van der Waals surface area contributed by atoms with E-state index in [0.717, 1.165) is 12.1 Å². The van der Waals surface area contributed by atoms with Crippen molar-refractivity contribution in [2.75, 3.05) is 5.32 Å². The predicted molar refractivity (Wildman–Crippen MR) is 66.7 cm³/mol. The van der Waals surface area contributed by atoms with Gasteiger partial charge in [-0.05, 0) is 24.6 Å². The maximum atomic E-state index is 13.0. The Morgan fingerprint density at radius 2 is 2.00 bits per heavy atom. The highest BCUT2D eigenvalue weighted by Gasteiger charge is 2.33. The Kier molecular flexibility index (Phi) is 3.69. The van der Waals surface area contributed by atoms with Gasteiger partial charge in [0.25, 0.3) is 0 Å². The third kappa shape index (κ3) is 3.09. The summed E-state index contributed by atoms with van der Waals surface area (Å²) in [6.45, 7) is 1.69. The van der Waals surface area contributed by atoms with Gasteiger partial charge in [0.15, 0.2) is 0 Å². The number of rotatable bonds is 3. The summed E-state index contributed by atoms with van der Waals surface area (Å²) in [5, 5.41) is 6.96. The van der Waals surface area contributed by atoms with E-state index in [4.69, 9.17) is 0 Å². The van der Waals surface area contributed by atoms with Crippen molar-refractivity contribution in [3.63, 3.8) is 0 Å². The maximum absolute atomic E-state index is 13.0. The largest absolute Gasteiger partial charge is 0.416 e. The fourth-order valence-corrected chi connectivity index (χ4v) is 1.93. The number of nitrogens with zero attached hydrogens (tertiary/aromatic N) is 2. The maximum Gasteiger partial charge on any atom is 0.416 e. The van der Waals surface area contributed by atoms with Crippen LogP contribution in [0.1, 0.15) is 16.8 Å². The Labute approximate surface area is 113 Å². The van der Waals surface area contributed by atoms with Crippen molar-refractivity contribution in [2.45, 2.75) is 19.6 Å². The van der Waals surface area contributed by atoms with Crippen LogP contribution in [0.4, 0.5) is 23.2 Å². The summed E-state index contributed by atoms with van der Waals surface area (Å²) < 4.78 is 53.0. The summed E-state index contributed by atoms with van der Waals surface area (Å²) in [6.07, 6.45) is -2.91. The van der Waals surface area contributed by atoms with Crippen LogP contribution in [0.5, 0.6) is 0 Å². The molecule has 1 aromatic carbocycles. The highest BCUT2D eigenvalue weighted by Crippen LogP contribution is 2.33. The minimum atomic E-state index is -4.58. The van der Waals surface area contributed by atoms with Crippen molar-refractivity contribution < 1.29 is 17.6 Å². The zero-order valence-electron chi connectivity index (χ0n) is 10.9. The second-order valence-electron chi connectivity index (χ2n) is 4.45. The molecule has 2 aromatic rings. The zero-order chi connectivity index (χ0) is 14.9. The van der Waals surface area contributed by atoms with Crippen LogP contribution in [0.25, 0.3) is 0 Å². The summed E-state index contributed by atoms with van der Waals surface area (Å²) in [7, 11) is 1.72. The van der Waals surface area contributed by atoms with E-state index < -0.39 is 17.6 Å². The van der Waals surface area contributed by atoms with Crippen molar-refractivity contribution in [3.05, 3.63) is 47.0 Å². The van der Waals surface area contributed by atoms with E-state index in [1.54, 1.807) is 24.9 Å². The topological polar surface area (TPSA) is 29.9 Å². The highest BCUT2D eigenvalue weighted by molar-refractivity contribution is 5.46. The number of aryl methyl sites for hydroxylation is 2. The molecular formula is C13H13F4N3. The Hall–Kier alpha value is -2.05. The molecule has 0 spiro atoms. The number of alkyl halides is 3. The van der Waals surface area contributed by atoms with E-state index in [0.29, 0.717) is 17.4 Å².